The van der Waals surface area contributed by atoms with Gasteiger partial charge in [0.2, 0.25) is 0 Å². The van der Waals surface area contributed by atoms with Gasteiger partial charge in [-0.05, 0) is 19.9 Å². The van der Waals surface area contributed by atoms with Crippen molar-refractivity contribution in [2.24, 2.45) is 0 Å². The molecule has 0 spiro atoms. The van der Waals surface area contributed by atoms with E-state index in [0.29, 0.717) is 22.1 Å². The van der Waals surface area contributed by atoms with Crippen molar-refractivity contribution in [2.75, 3.05) is 14.2 Å². The molecule has 0 saturated heterocycles. The van der Waals surface area contributed by atoms with Gasteiger partial charge in [0.05, 0.1) is 24.8 Å². The molecule has 4 heteroatoms. The summed E-state index contributed by atoms with van der Waals surface area (Å²) in [5.41, 5.74) is -0.352. The normalized spacial score (nSPS) is 11.3. The van der Waals surface area contributed by atoms with E-state index >= 15 is 0 Å². The molecule has 0 aliphatic rings. The van der Waals surface area contributed by atoms with Crippen molar-refractivity contribution in [3.05, 3.63) is 22.7 Å². The first-order chi connectivity index (χ1) is 6.91. The molecular weight excluding hydrogens is 216 g/mol. The Hall–Kier alpha value is -0.930. The molecule has 1 aromatic carbocycles. The topological polar surface area (TPSA) is 38.7 Å². The lowest BCUT2D eigenvalue weighted by Crippen LogP contribution is -2.17. The van der Waals surface area contributed by atoms with Gasteiger partial charge in [0, 0.05) is 5.56 Å². The summed E-state index contributed by atoms with van der Waals surface area (Å²) in [6, 6.07) is 3.40. The van der Waals surface area contributed by atoms with Crippen LogP contribution >= 0.6 is 11.6 Å². The van der Waals surface area contributed by atoms with Crippen LogP contribution in [-0.2, 0) is 5.60 Å². The highest BCUT2D eigenvalue weighted by Gasteiger charge is 2.24. The van der Waals surface area contributed by atoms with Crippen molar-refractivity contribution in [1.29, 1.82) is 0 Å². The third-order valence-electron chi connectivity index (χ3n) is 2.13. The largest absolute Gasteiger partial charge is 0.492 e. The summed E-state index contributed by atoms with van der Waals surface area (Å²) < 4.78 is 10.3. The number of rotatable bonds is 3. The van der Waals surface area contributed by atoms with Gasteiger partial charge in [0.1, 0.15) is 0 Å². The molecule has 0 atom stereocenters. The van der Waals surface area contributed by atoms with E-state index in [1.165, 1.54) is 14.2 Å². The third-order valence-corrected chi connectivity index (χ3v) is 2.43. The van der Waals surface area contributed by atoms with Gasteiger partial charge >= 0.3 is 0 Å². The standard InChI is InChI=1S/C11H15ClO3/c1-11(2,13)7-5-6-8(12)10(15-4)9(7)14-3/h5-6,13H,1-4H3. The second-order valence-corrected chi connectivity index (χ2v) is 4.13. The monoisotopic (exact) mass is 230 g/mol. The maximum absolute atomic E-state index is 9.93. The van der Waals surface area contributed by atoms with Crippen LogP contribution in [0.4, 0.5) is 0 Å². The fourth-order valence-corrected chi connectivity index (χ4v) is 1.64. The molecule has 0 fully saturated rings. The van der Waals surface area contributed by atoms with Crippen molar-refractivity contribution >= 4 is 11.6 Å². The van der Waals surface area contributed by atoms with E-state index in [9.17, 15) is 5.11 Å². The van der Waals surface area contributed by atoms with Crippen LogP contribution in [0.3, 0.4) is 0 Å². The number of halogens is 1. The summed E-state index contributed by atoms with van der Waals surface area (Å²) in [5.74, 6) is 0.913. The zero-order chi connectivity index (χ0) is 11.6. The molecule has 0 saturated carbocycles. The SMILES string of the molecule is COc1c(Cl)ccc(C(C)(C)O)c1OC. The first-order valence-corrected chi connectivity index (χ1v) is 4.93. The van der Waals surface area contributed by atoms with Crippen molar-refractivity contribution in [1.82, 2.24) is 0 Å². The molecule has 0 unspecified atom stereocenters. The lowest BCUT2D eigenvalue weighted by molar-refractivity contribution is 0.0751. The number of aliphatic hydroxyl groups is 1. The Labute approximate surface area is 94.6 Å². The quantitative estimate of drug-likeness (QED) is 0.868. The molecule has 0 amide bonds. The lowest BCUT2D eigenvalue weighted by Gasteiger charge is -2.22. The summed E-state index contributed by atoms with van der Waals surface area (Å²) in [6.45, 7) is 3.36. The van der Waals surface area contributed by atoms with Crippen molar-refractivity contribution in [3.63, 3.8) is 0 Å². The predicted octanol–water partition coefficient (Wildman–Crippen LogP) is 2.58. The number of methoxy groups -OCH3 is 2. The van der Waals surface area contributed by atoms with Gasteiger partial charge in [-0.25, -0.2) is 0 Å². The third kappa shape index (κ3) is 2.36. The molecule has 1 rings (SSSR count). The van der Waals surface area contributed by atoms with Crippen LogP contribution in [0.1, 0.15) is 19.4 Å². The summed E-state index contributed by atoms with van der Waals surface area (Å²) in [5, 5.41) is 10.4. The van der Waals surface area contributed by atoms with Crippen LogP contribution in [0.2, 0.25) is 5.02 Å². The second kappa shape index (κ2) is 4.29. The molecule has 0 aromatic heterocycles. The van der Waals surface area contributed by atoms with Crippen molar-refractivity contribution < 1.29 is 14.6 Å². The zero-order valence-electron chi connectivity index (χ0n) is 9.30. The Morgan fingerprint density at radius 3 is 2.07 bits per heavy atom. The molecule has 3 nitrogen and oxygen atoms in total. The Bertz CT molecular complexity index is 356. The smallest absolute Gasteiger partial charge is 0.179 e. The molecule has 0 aliphatic carbocycles. The molecule has 0 bridgehead atoms. The number of hydrogen-bond donors (Lipinski definition) is 1. The van der Waals surface area contributed by atoms with Crippen LogP contribution in [0.5, 0.6) is 11.5 Å². The number of hydrogen-bond acceptors (Lipinski definition) is 3. The van der Waals surface area contributed by atoms with Gasteiger partial charge < -0.3 is 14.6 Å². The number of ether oxygens (including phenoxy) is 2. The van der Waals surface area contributed by atoms with E-state index in [1.807, 2.05) is 0 Å². The highest BCUT2D eigenvalue weighted by atomic mass is 35.5. The molecule has 1 N–H and O–H groups in total. The predicted molar refractivity (Wildman–Crippen MR) is 59.8 cm³/mol. The van der Waals surface area contributed by atoms with E-state index in [4.69, 9.17) is 21.1 Å². The highest BCUT2D eigenvalue weighted by Crippen LogP contribution is 2.41. The first-order valence-electron chi connectivity index (χ1n) is 4.55. The van der Waals surface area contributed by atoms with Gasteiger partial charge in [0.25, 0.3) is 0 Å². The van der Waals surface area contributed by atoms with Crippen LogP contribution in [0, 0.1) is 0 Å². The number of benzene rings is 1. The van der Waals surface area contributed by atoms with Gasteiger partial charge in [-0.1, -0.05) is 17.7 Å². The Morgan fingerprint density at radius 1 is 1.13 bits per heavy atom. The maximum Gasteiger partial charge on any atom is 0.179 e. The van der Waals surface area contributed by atoms with Crippen LogP contribution in [-0.4, -0.2) is 19.3 Å². The minimum atomic E-state index is -0.997. The fourth-order valence-electron chi connectivity index (χ4n) is 1.41. The van der Waals surface area contributed by atoms with Gasteiger partial charge in [-0.3, -0.25) is 0 Å². The van der Waals surface area contributed by atoms with Gasteiger partial charge in [0.15, 0.2) is 11.5 Å². The van der Waals surface area contributed by atoms with Crippen molar-refractivity contribution in [3.8, 4) is 11.5 Å². The minimum Gasteiger partial charge on any atom is -0.492 e. The van der Waals surface area contributed by atoms with Crippen LogP contribution < -0.4 is 9.47 Å². The Morgan fingerprint density at radius 2 is 1.67 bits per heavy atom. The van der Waals surface area contributed by atoms with Crippen molar-refractivity contribution in [2.45, 2.75) is 19.4 Å². The maximum atomic E-state index is 9.93. The summed E-state index contributed by atoms with van der Waals surface area (Å²) in [6.07, 6.45) is 0. The molecule has 84 valence electrons. The van der Waals surface area contributed by atoms with E-state index in [2.05, 4.69) is 0 Å². The molecular formula is C11H15ClO3. The van der Waals surface area contributed by atoms with Crippen LogP contribution in [0.25, 0.3) is 0 Å². The molecule has 0 aliphatic heterocycles. The van der Waals surface area contributed by atoms with E-state index in [1.54, 1.807) is 26.0 Å². The fraction of sp³-hybridized carbons (Fsp3) is 0.455. The zero-order valence-corrected chi connectivity index (χ0v) is 10.1. The van der Waals surface area contributed by atoms with Gasteiger partial charge in [-0.2, -0.15) is 0 Å². The summed E-state index contributed by atoms with van der Waals surface area (Å²) in [7, 11) is 3.03. The van der Waals surface area contributed by atoms with Gasteiger partial charge in [-0.15, -0.1) is 0 Å². The molecule has 1 aromatic rings. The van der Waals surface area contributed by atoms with E-state index in [0.717, 1.165) is 0 Å². The minimum absolute atomic E-state index is 0.443. The molecule has 15 heavy (non-hydrogen) atoms. The molecule has 0 heterocycles. The summed E-state index contributed by atoms with van der Waals surface area (Å²) >= 11 is 5.94. The lowest BCUT2D eigenvalue weighted by atomic mass is 9.97. The highest BCUT2D eigenvalue weighted by molar-refractivity contribution is 6.32. The first kappa shape index (κ1) is 12.1. The average molecular weight is 231 g/mol. The second-order valence-electron chi connectivity index (χ2n) is 3.72. The molecule has 0 radical (unpaired) electrons. The van der Waals surface area contributed by atoms with E-state index < -0.39 is 5.60 Å². The van der Waals surface area contributed by atoms with Crippen LogP contribution in [0.15, 0.2) is 12.1 Å². The average Bonchev–Trinajstić information content (AvgIpc) is 2.15. The van der Waals surface area contributed by atoms with E-state index in [-0.39, 0.29) is 0 Å². The Balaban J connectivity index is 3.42. The summed E-state index contributed by atoms with van der Waals surface area (Å²) in [4.78, 5) is 0. The Kier molecular flexibility index (Phi) is 3.47.